The summed E-state index contributed by atoms with van der Waals surface area (Å²) in [6.07, 6.45) is 12.8. The third-order valence-corrected chi connectivity index (χ3v) is 5.90. The standard InChI is InChI=1S/C17H32N2/c1-2-14-4-3-9-17(10-14,13-18)19(11-15-5-6-15)12-16-7-8-16/h14-16H,2-13,18H2,1H3. The van der Waals surface area contributed by atoms with Crippen molar-refractivity contribution in [3.63, 3.8) is 0 Å². The number of rotatable bonds is 7. The van der Waals surface area contributed by atoms with E-state index in [1.165, 1.54) is 70.9 Å². The number of hydrogen-bond donors (Lipinski definition) is 1. The average Bonchev–Trinajstić information content (AvgIpc) is 3.33. The molecule has 3 aliphatic rings. The molecule has 3 aliphatic carbocycles. The highest BCUT2D eigenvalue weighted by Gasteiger charge is 2.43. The average molecular weight is 264 g/mol. The first-order valence-corrected chi connectivity index (χ1v) is 8.71. The minimum Gasteiger partial charge on any atom is -0.329 e. The molecule has 3 rings (SSSR count). The molecule has 0 aromatic rings. The van der Waals surface area contributed by atoms with Gasteiger partial charge in [0.05, 0.1) is 0 Å². The van der Waals surface area contributed by atoms with Gasteiger partial charge in [-0.2, -0.15) is 0 Å². The first-order chi connectivity index (χ1) is 9.25. The second-order valence-electron chi connectivity index (χ2n) is 7.59. The van der Waals surface area contributed by atoms with Crippen molar-refractivity contribution in [1.82, 2.24) is 4.90 Å². The highest BCUT2D eigenvalue weighted by atomic mass is 15.2. The van der Waals surface area contributed by atoms with Crippen LogP contribution in [-0.4, -0.2) is 30.1 Å². The van der Waals surface area contributed by atoms with Crippen LogP contribution in [0.15, 0.2) is 0 Å². The fourth-order valence-electron chi connectivity index (χ4n) is 4.10. The van der Waals surface area contributed by atoms with E-state index in [0.29, 0.717) is 5.54 Å². The lowest BCUT2D eigenvalue weighted by Crippen LogP contribution is -2.57. The first-order valence-electron chi connectivity index (χ1n) is 8.71. The van der Waals surface area contributed by atoms with Crippen LogP contribution in [0.25, 0.3) is 0 Å². The minimum absolute atomic E-state index is 0.365. The molecule has 110 valence electrons. The van der Waals surface area contributed by atoms with Gasteiger partial charge >= 0.3 is 0 Å². The molecular weight excluding hydrogens is 232 g/mol. The summed E-state index contributed by atoms with van der Waals surface area (Å²) in [5.41, 5.74) is 6.67. The second kappa shape index (κ2) is 5.73. The molecule has 19 heavy (non-hydrogen) atoms. The first kappa shape index (κ1) is 13.9. The van der Waals surface area contributed by atoms with Gasteiger partial charge in [-0.25, -0.2) is 0 Å². The summed E-state index contributed by atoms with van der Waals surface area (Å²) < 4.78 is 0. The quantitative estimate of drug-likeness (QED) is 0.763. The van der Waals surface area contributed by atoms with Gasteiger partial charge in [0.1, 0.15) is 0 Å². The summed E-state index contributed by atoms with van der Waals surface area (Å²) in [6, 6.07) is 0. The molecule has 0 amide bonds. The maximum absolute atomic E-state index is 6.31. The Morgan fingerprint density at radius 2 is 1.63 bits per heavy atom. The summed E-state index contributed by atoms with van der Waals surface area (Å²) in [5, 5.41) is 0. The summed E-state index contributed by atoms with van der Waals surface area (Å²) in [4.78, 5) is 2.87. The Hall–Kier alpha value is -0.0800. The summed E-state index contributed by atoms with van der Waals surface area (Å²) in [7, 11) is 0. The molecule has 0 saturated heterocycles. The van der Waals surface area contributed by atoms with Crippen LogP contribution in [-0.2, 0) is 0 Å². The molecule has 2 N–H and O–H groups in total. The maximum Gasteiger partial charge on any atom is 0.0334 e. The van der Waals surface area contributed by atoms with E-state index < -0.39 is 0 Å². The molecular formula is C17H32N2. The van der Waals surface area contributed by atoms with E-state index in [-0.39, 0.29) is 0 Å². The van der Waals surface area contributed by atoms with Gasteiger partial charge in [-0.3, -0.25) is 4.90 Å². The van der Waals surface area contributed by atoms with E-state index >= 15 is 0 Å². The lowest BCUT2D eigenvalue weighted by Gasteiger charge is -2.48. The lowest BCUT2D eigenvalue weighted by atomic mass is 9.73. The van der Waals surface area contributed by atoms with Crippen LogP contribution in [0.2, 0.25) is 0 Å². The fourth-order valence-corrected chi connectivity index (χ4v) is 4.10. The summed E-state index contributed by atoms with van der Waals surface area (Å²) in [6.45, 7) is 5.96. The Kier molecular flexibility index (Phi) is 4.19. The normalized spacial score (nSPS) is 35.8. The minimum atomic E-state index is 0.365. The van der Waals surface area contributed by atoms with Crippen molar-refractivity contribution in [3.8, 4) is 0 Å². The Labute approximate surface area is 119 Å². The van der Waals surface area contributed by atoms with Crippen molar-refractivity contribution < 1.29 is 0 Å². The number of nitrogens with two attached hydrogens (primary N) is 1. The van der Waals surface area contributed by atoms with Gasteiger partial charge in [0.25, 0.3) is 0 Å². The molecule has 0 aromatic heterocycles. The van der Waals surface area contributed by atoms with Crippen molar-refractivity contribution in [1.29, 1.82) is 0 Å². The Morgan fingerprint density at radius 3 is 2.11 bits per heavy atom. The van der Waals surface area contributed by atoms with Gasteiger partial charge in [0.15, 0.2) is 0 Å². The SMILES string of the molecule is CCC1CCCC(CN)(N(CC2CC2)CC2CC2)C1. The van der Waals surface area contributed by atoms with Crippen molar-refractivity contribution in [2.75, 3.05) is 19.6 Å². The Morgan fingerprint density at radius 1 is 1.00 bits per heavy atom. The molecule has 0 bridgehead atoms. The van der Waals surface area contributed by atoms with E-state index in [2.05, 4.69) is 11.8 Å². The predicted octanol–water partition coefficient (Wildman–Crippen LogP) is 3.41. The molecule has 2 heteroatoms. The highest BCUT2D eigenvalue weighted by Crippen LogP contribution is 2.42. The van der Waals surface area contributed by atoms with Crippen LogP contribution in [0.4, 0.5) is 0 Å². The number of hydrogen-bond acceptors (Lipinski definition) is 2. The van der Waals surface area contributed by atoms with Crippen molar-refractivity contribution >= 4 is 0 Å². The summed E-state index contributed by atoms with van der Waals surface area (Å²) >= 11 is 0. The topological polar surface area (TPSA) is 29.3 Å². The molecule has 2 unspecified atom stereocenters. The third-order valence-electron chi connectivity index (χ3n) is 5.90. The zero-order valence-corrected chi connectivity index (χ0v) is 12.7. The predicted molar refractivity (Wildman–Crippen MR) is 81.1 cm³/mol. The second-order valence-corrected chi connectivity index (χ2v) is 7.59. The van der Waals surface area contributed by atoms with Gasteiger partial charge in [0.2, 0.25) is 0 Å². The van der Waals surface area contributed by atoms with Crippen molar-refractivity contribution in [2.24, 2.45) is 23.5 Å². The van der Waals surface area contributed by atoms with E-state index in [1.54, 1.807) is 0 Å². The maximum atomic E-state index is 6.31. The largest absolute Gasteiger partial charge is 0.329 e. The van der Waals surface area contributed by atoms with E-state index in [1.807, 2.05) is 0 Å². The van der Waals surface area contributed by atoms with E-state index in [9.17, 15) is 0 Å². The van der Waals surface area contributed by atoms with Gasteiger partial charge < -0.3 is 5.73 Å². The van der Waals surface area contributed by atoms with Crippen LogP contribution < -0.4 is 5.73 Å². The summed E-state index contributed by atoms with van der Waals surface area (Å²) in [5.74, 6) is 2.94. The van der Waals surface area contributed by atoms with Crippen LogP contribution >= 0.6 is 0 Å². The molecule has 2 nitrogen and oxygen atoms in total. The van der Waals surface area contributed by atoms with E-state index in [4.69, 9.17) is 5.73 Å². The lowest BCUT2D eigenvalue weighted by molar-refractivity contribution is 0.0271. The Balaban J connectivity index is 1.70. The van der Waals surface area contributed by atoms with Gasteiger partial charge in [0, 0.05) is 25.2 Å². The van der Waals surface area contributed by atoms with Gasteiger partial charge in [-0.1, -0.05) is 26.2 Å². The highest BCUT2D eigenvalue weighted by molar-refractivity contribution is 4.99. The molecule has 0 aromatic carbocycles. The van der Waals surface area contributed by atoms with Crippen molar-refractivity contribution in [3.05, 3.63) is 0 Å². The zero-order chi connectivity index (χ0) is 13.3. The van der Waals surface area contributed by atoms with Crippen LogP contribution in [0.3, 0.4) is 0 Å². The molecule has 2 atom stereocenters. The number of nitrogens with zero attached hydrogens (tertiary/aromatic N) is 1. The van der Waals surface area contributed by atoms with Gasteiger partial charge in [-0.05, 0) is 56.3 Å². The smallest absolute Gasteiger partial charge is 0.0334 e. The molecule has 3 fully saturated rings. The van der Waals surface area contributed by atoms with Crippen LogP contribution in [0.1, 0.15) is 64.7 Å². The monoisotopic (exact) mass is 264 g/mol. The van der Waals surface area contributed by atoms with E-state index in [0.717, 1.165) is 24.3 Å². The fraction of sp³-hybridized carbons (Fsp3) is 1.00. The van der Waals surface area contributed by atoms with Gasteiger partial charge in [-0.15, -0.1) is 0 Å². The van der Waals surface area contributed by atoms with Crippen molar-refractivity contribution in [2.45, 2.75) is 70.3 Å². The molecule has 0 aliphatic heterocycles. The molecule has 0 radical (unpaired) electrons. The Bertz CT molecular complexity index is 282. The van der Waals surface area contributed by atoms with Crippen LogP contribution in [0.5, 0.6) is 0 Å². The zero-order valence-electron chi connectivity index (χ0n) is 12.7. The third kappa shape index (κ3) is 3.33. The molecule has 0 spiro atoms. The molecule has 3 saturated carbocycles. The van der Waals surface area contributed by atoms with Crippen LogP contribution in [0, 0.1) is 17.8 Å². The molecule has 0 heterocycles.